The number of hydrogen-bond donors (Lipinski definition) is 2. The van der Waals surface area contributed by atoms with Crippen molar-refractivity contribution >= 4 is 15.7 Å². The van der Waals surface area contributed by atoms with Crippen LogP contribution in [0, 0.1) is 0 Å². The number of nitrogens with zero attached hydrogens (tertiary/aromatic N) is 1. The molecule has 0 aromatic carbocycles. The molecule has 0 spiro atoms. The van der Waals surface area contributed by atoms with Crippen molar-refractivity contribution in [3.8, 4) is 0 Å². The number of hydrogen-bond acceptors (Lipinski definition) is 5. The molecule has 2 rings (SSSR count). The van der Waals surface area contributed by atoms with Gasteiger partial charge in [0.15, 0.2) is 9.84 Å². The normalized spacial score (nSPS) is 24.8. The first-order valence-electron chi connectivity index (χ1n) is 6.12. The van der Waals surface area contributed by atoms with Crippen LogP contribution in [-0.4, -0.2) is 38.3 Å². The van der Waals surface area contributed by atoms with Crippen LogP contribution < -0.4 is 10.6 Å². The second-order valence-corrected chi connectivity index (χ2v) is 6.83. The molecule has 2 atom stereocenters. The number of pyridine rings is 1. The first kappa shape index (κ1) is 13.3. The maximum atomic E-state index is 11.7. The average molecular weight is 269 g/mol. The van der Waals surface area contributed by atoms with Gasteiger partial charge in [0.05, 0.1) is 0 Å². The molecule has 0 saturated carbocycles. The standard InChI is InChI=1S/C12H19N3O2S/c1-9-8-10(5-7-13-9)15-12-11(18(2,16)17)4-3-6-14-12/h3-4,6,9-10,13H,5,7-8H2,1-2H3,(H,14,15). The lowest BCUT2D eigenvalue weighted by molar-refractivity contribution is 0.395. The minimum atomic E-state index is -3.24. The van der Waals surface area contributed by atoms with Gasteiger partial charge in [0, 0.05) is 24.5 Å². The van der Waals surface area contributed by atoms with Crippen LogP contribution in [0.5, 0.6) is 0 Å². The molecular formula is C12H19N3O2S. The third kappa shape index (κ3) is 3.20. The molecule has 1 aliphatic heterocycles. The van der Waals surface area contributed by atoms with E-state index >= 15 is 0 Å². The Morgan fingerprint density at radius 3 is 2.94 bits per heavy atom. The third-order valence-corrected chi connectivity index (χ3v) is 4.26. The molecule has 5 nitrogen and oxygen atoms in total. The van der Waals surface area contributed by atoms with Gasteiger partial charge in [-0.3, -0.25) is 0 Å². The Morgan fingerprint density at radius 2 is 2.28 bits per heavy atom. The predicted molar refractivity (Wildman–Crippen MR) is 71.5 cm³/mol. The van der Waals surface area contributed by atoms with Gasteiger partial charge in [-0.05, 0) is 38.4 Å². The number of nitrogens with one attached hydrogen (secondary N) is 2. The van der Waals surface area contributed by atoms with E-state index in [1.807, 2.05) is 0 Å². The Morgan fingerprint density at radius 1 is 1.50 bits per heavy atom. The summed E-state index contributed by atoms with van der Waals surface area (Å²) in [7, 11) is -3.24. The minimum Gasteiger partial charge on any atom is -0.366 e. The average Bonchev–Trinajstić information content (AvgIpc) is 2.28. The third-order valence-electron chi connectivity index (χ3n) is 3.13. The van der Waals surface area contributed by atoms with Crippen molar-refractivity contribution < 1.29 is 8.42 Å². The van der Waals surface area contributed by atoms with E-state index in [0.717, 1.165) is 19.4 Å². The molecule has 1 aromatic heterocycles. The molecule has 1 aromatic rings. The number of piperidine rings is 1. The molecule has 2 heterocycles. The number of anilines is 1. The topological polar surface area (TPSA) is 71.1 Å². The molecular weight excluding hydrogens is 250 g/mol. The predicted octanol–water partition coefficient (Wildman–Crippen LogP) is 1.04. The molecule has 6 heteroatoms. The monoisotopic (exact) mass is 269 g/mol. The highest BCUT2D eigenvalue weighted by Crippen LogP contribution is 2.21. The van der Waals surface area contributed by atoms with Crippen molar-refractivity contribution in [3.05, 3.63) is 18.3 Å². The van der Waals surface area contributed by atoms with Crippen LogP contribution in [0.1, 0.15) is 19.8 Å². The zero-order valence-corrected chi connectivity index (χ0v) is 11.5. The van der Waals surface area contributed by atoms with Crippen molar-refractivity contribution in [2.24, 2.45) is 0 Å². The molecule has 0 radical (unpaired) electrons. The highest BCUT2D eigenvalue weighted by Gasteiger charge is 2.21. The summed E-state index contributed by atoms with van der Waals surface area (Å²) in [5.74, 6) is 0.471. The molecule has 18 heavy (non-hydrogen) atoms. The van der Waals surface area contributed by atoms with Crippen LogP contribution in [0.3, 0.4) is 0 Å². The maximum Gasteiger partial charge on any atom is 0.179 e. The fraction of sp³-hybridized carbons (Fsp3) is 0.583. The summed E-state index contributed by atoms with van der Waals surface area (Å²) >= 11 is 0. The summed E-state index contributed by atoms with van der Waals surface area (Å²) in [5, 5.41) is 6.62. The molecule has 100 valence electrons. The second-order valence-electron chi connectivity index (χ2n) is 4.84. The lowest BCUT2D eigenvalue weighted by atomic mass is 10.0. The van der Waals surface area contributed by atoms with Gasteiger partial charge in [-0.15, -0.1) is 0 Å². The van der Waals surface area contributed by atoms with Crippen molar-refractivity contribution in [1.29, 1.82) is 0 Å². The van der Waals surface area contributed by atoms with E-state index in [1.54, 1.807) is 18.3 Å². The van der Waals surface area contributed by atoms with Gasteiger partial charge in [0.1, 0.15) is 10.7 Å². The summed E-state index contributed by atoms with van der Waals surface area (Å²) < 4.78 is 23.3. The van der Waals surface area contributed by atoms with E-state index in [4.69, 9.17) is 0 Å². The van der Waals surface area contributed by atoms with Gasteiger partial charge in [0.25, 0.3) is 0 Å². The van der Waals surface area contributed by atoms with Crippen molar-refractivity contribution in [3.63, 3.8) is 0 Å². The van der Waals surface area contributed by atoms with E-state index in [9.17, 15) is 8.42 Å². The Kier molecular flexibility index (Phi) is 3.87. The first-order valence-corrected chi connectivity index (χ1v) is 8.01. The fourth-order valence-electron chi connectivity index (χ4n) is 2.25. The number of aromatic nitrogens is 1. The largest absolute Gasteiger partial charge is 0.366 e. The number of sulfone groups is 1. The maximum absolute atomic E-state index is 11.7. The van der Waals surface area contributed by atoms with Crippen LogP contribution in [0.25, 0.3) is 0 Å². The van der Waals surface area contributed by atoms with Crippen molar-refractivity contribution in [2.75, 3.05) is 18.1 Å². The van der Waals surface area contributed by atoms with Gasteiger partial charge >= 0.3 is 0 Å². The number of rotatable bonds is 3. The summed E-state index contributed by atoms with van der Waals surface area (Å²) in [6.07, 6.45) is 4.77. The summed E-state index contributed by atoms with van der Waals surface area (Å²) in [6, 6.07) is 3.96. The van der Waals surface area contributed by atoms with Crippen molar-refractivity contribution in [1.82, 2.24) is 10.3 Å². The van der Waals surface area contributed by atoms with Crippen LogP contribution >= 0.6 is 0 Å². The Labute approximate surface area is 108 Å². The first-order chi connectivity index (χ1) is 8.47. The summed E-state index contributed by atoms with van der Waals surface area (Å²) in [6.45, 7) is 3.07. The molecule has 0 aliphatic carbocycles. The van der Waals surface area contributed by atoms with E-state index < -0.39 is 9.84 Å². The molecule has 2 N–H and O–H groups in total. The van der Waals surface area contributed by atoms with Gasteiger partial charge in [-0.25, -0.2) is 13.4 Å². The van der Waals surface area contributed by atoms with E-state index in [-0.39, 0.29) is 10.9 Å². The molecule has 0 bridgehead atoms. The second kappa shape index (κ2) is 5.24. The SMILES string of the molecule is CC1CC(Nc2ncccc2S(C)(=O)=O)CCN1. The minimum absolute atomic E-state index is 0.274. The zero-order valence-electron chi connectivity index (χ0n) is 10.7. The van der Waals surface area contributed by atoms with E-state index in [1.165, 1.54) is 6.26 Å². The van der Waals surface area contributed by atoms with Crippen molar-refractivity contribution in [2.45, 2.75) is 36.7 Å². The van der Waals surface area contributed by atoms with Gasteiger partial charge < -0.3 is 10.6 Å². The Bertz CT molecular complexity index is 516. The molecule has 2 unspecified atom stereocenters. The van der Waals surface area contributed by atoms with E-state index in [2.05, 4.69) is 22.5 Å². The van der Waals surface area contributed by atoms with E-state index in [0.29, 0.717) is 11.9 Å². The molecule has 1 fully saturated rings. The van der Waals surface area contributed by atoms with Crippen LogP contribution in [0.4, 0.5) is 5.82 Å². The highest BCUT2D eigenvalue weighted by molar-refractivity contribution is 7.90. The summed E-state index contributed by atoms with van der Waals surface area (Å²) in [4.78, 5) is 4.43. The van der Waals surface area contributed by atoms with Crippen LogP contribution in [0.15, 0.2) is 23.2 Å². The highest BCUT2D eigenvalue weighted by atomic mass is 32.2. The molecule has 0 amide bonds. The Hall–Kier alpha value is -1.14. The Balaban J connectivity index is 2.19. The lowest BCUT2D eigenvalue weighted by Crippen LogP contribution is -2.41. The van der Waals surface area contributed by atoms with Crippen LogP contribution in [0.2, 0.25) is 0 Å². The smallest absolute Gasteiger partial charge is 0.179 e. The molecule has 1 saturated heterocycles. The summed E-state index contributed by atoms with van der Waals surface area (Å²) in [5.41, 5.74) is 0. The van der Waals surface area contributed by atoms with Gasteiger partial charge in [-0.1, -0.05) is 0 Å². The fourth-order valence-corrected chi connectivity index (χ4v) is 3.04. The quantitative estimate of drug-likeness (QED) is 0.858. The van der Waals surface area contributed by atoms with Gasteiger partial charge in [-0.2, -0.15) is 0 Å². The lowest BCUT2D eigenvalue weighted by Gasteiger charge is -2.29. The van der Waals surface area contributed by atoms with Gasteiger partial charge in [0.2, 0.25) is 0 Å². The van der Waals surface area contributed by atoms with Crippen LogP contribution in [-0.2, 0) is 9.84 Å². The molecule has 1 aliphatic rings. The zero-order chi connectivity index (χ0) is 13.2.